The van der Waals surface area contributed by atoms with E-state index in [4.69, 9.17) is 9.47 Å². The number of hydrogen-bond acceptors (Lipinski definition) is 5. The van der Waals surface area contributed by atoms with E-state index in [1.807, 2.05) is 0 Å². The van der Waals surface area contributed by atoms with Gasteiger partial charge in [0.15, 0.2) is 11.5 Å². The summed E-state index contributed by atoms with van der Waals surface area (Å²) in [5, 5.41) is 3.01. The van der Waals surface area contributed by atoms with E-state index in [9.17, 15) is 13.2 Å². The Bertz CT molecular complexity index is 936. The lowest BCUT2D eigenvalue weighted by Crippen LogP contribution is -2.32. The molecule has 3 rings (SSSR count). The summed E-state index contributed by atoms with van der Waals surface area (Å²) in [6.45, 7) is 0. The lowest BCUT2D eigenvalue weighted by molar-refractivity contribution is 0.0938. The molecule has 0 aromatic heterocycles. The summed E-state index contributed by atoms with van der Waals surface area (Å²) in [6.07, 6.45) is 4.30. The fourth-order valence-electron chi connectivity index (χ4n) is 3.23. The van der Waals surface area contributed by atoms with Gasteiger partial charge in [0.2, 0.25) is 0 Å². The number of amides is 1. The second kappa shape index (κ2) is 8.52. The minimum absolute atomic E-state index is 0.0493. The van der Waals surface area contributed by atoms with E-state index in [2.05, 4.69) is 10.0 Å². The zero-order valence-corrected chi connectivity index (χ0v) is 16.7. The summed E-state index contributed by atoms with van der Waals surface area (Å²) < 4.78 is 38.1. The maximum atomic E-state index is 12.6. The highest BCUT2D eigenvalue weighted by atomic mass is 32.2. The van der Waals surface area contributed by atoms with Gasteiger partial charge in [-0.15, -0.1) is 0 Å². The molecular weight excluding hydrogens is 380 g/mol. The zero-order valence-electron chi connectivity index (χ0n) is 15.9. The van der Waals surface area contributed by atoms with Gasteiger partial charge in [-0.3, -0.25) is 9.52 Å². The molecule has 0 atom stereocenters. The summed E-state index contributed by atoms with van der Waals surface area (Å²) in [6, 6.07) is 11.0. The Morgan fingerprint density at radius 2 is 1.61 bits per heavy atom. The molecule has 0 saturated heterocycles. The monoisotopic (exact) mass is 404 g/mol. The van der Waals surface area contributed by atoms with Crippen LogP contribution >= 0.6 is 0 Å². The molecule has 0 radical (unpaired) electrons. The first-order chi connectivity index (χ1) is 13.4. The normalized spacial score (nSPS) is 14.5. The number of carbonyl (C=O) groups is 1. The van der Waals surface area contributed by atoms with Gasteiger partial charge in [0.1, 0.15) is 0 Å². The van der Waals surface area contributed by atoms with Gasteiger partial charge in [-0.1, -0.05) is 12.8 Å². The van der Waals surface area contributed by atoms with Gasteiger partial charge < -0.3 is 14.8 Å². The van der Waals surface area contributed by atoms with Crippen molar-refractivity contribution >= 4 is 21.6 Å². The lowest BCUT2D eigenvalue weighted by Gasteiger charge is -2.13. The Hall–Kier alpha value is -2.74. The smallest absolute Gasteiger partial charge is 0.262 e. The number of carbonyl (C=O) groups excluding carboxylic acids is 1. The molecule has 0 spiro atoms. The van der Waals surface area contributed by atoms with Crippen molar-refractivity contribution in [2.75, 3.05) is 18.9 Å². The number of sulfonamides is 1. The third-order valence-corrected chi connectivity index (χ3v) is 6.13. The van der Waals surface area contributed by atoms with E-state index in [1.165, 1.54) is 32.4 Å². The molecule has 0 bridgehead atoms. The van der Waals surface area contributed by atoms with Crippen LogP contribution in [0, 0.1) is 0 Å². The molecule has 0 unspecified atom stereocenters. The maximum absolute atomic E-state index is 12.6. The van der Waals surface area contributed by atoms with E-state index in [1.54, 1.807) is 24.3 Å². The fraction of sp³-hybridized carbons (Fsp3) is 0.350. The summed E-state index contributed by atoms with van der Waals surface area (Å²) in [7, 11) is -0.886. The number of hydrogen-bond donors (Lipinski definition) is 2. The molecule has 1 aliphatic rings. The Morgan fingerprint density at radius 1 is 0.964 bits per heavy atom. The summed E-state index contributed by atoms with van der Waals surface area (Å²) in [5.74, 6) is 0.629. The summed E-state index contributed by atoms with van der Waals surface area (Å²) >= 11 is 0. The van der Waals surface area contributed by atoms with Crippen LogP contribution in [-0.4, -0.2) is 34.6 Å². The van der Waals surface area contributed by atoms with Crippen LogP contribution in [0.2, 0.25) is 0 Å². The molecule has 1 amide bonds. The molecule has 2 aromatic rings. The molecule has 0 heterocycles. The van der Waals surface area contributed by atoms with E-state index >= 15 is 0 Å². The second-order valence-electron chi connectivity index (χ2n) is 6.65. The molecule has 28 heavy (non-hydrogen) atoms. The largest absolute Gasteiger partial charge is 0.493 e. The van der Waals surface area contributed by atoms with Crippen LogP contribution in [0.1, 0.15) is 36.0 Å². The van der Waals surface area contributed by atoms with E-state index < -0.39 is 10.0 Å². The Morgan fingerprint density at radius 3 is 2.21 bits per heavy atom. The van der Waals surface area contributed by atoms with Crippen molar-refractivity contribution in [1.29, 1.82) is 0 Å². The number of methoxy groups -OCH3 is 2. The molecule has 1 saturated carbocycles. The van der Waals surface area contributed by atoms with Crippen LogP contribution in [0.25, 0.3) is 0 Å². The third kappa shape index (κ3) is 4.56. The van der Waals surface area contributed by atoms with Crippen LogP contribution < -0.4 is 19.5 Å². The van der Waals surface area contributed by atoms with E-state index in [-0.39, 0.29) is 16.8 Å². The first kappa shape index (κ1) is 20.0. The number of ether oxygens (including phenoxy) is 2. The Labute approximate surface area is 165 Å². The Kier molecular flexibility index (Phi) is 6.08. The molecular formula is C20H24N2O5S. The van der Waals surface area contributed by atoms with Crippen LogP contribution in [0.5, 0.6) is 11.5 Å². The van der Waals surface area contributed by atoms with Crippen molar-refractivity contribution in [3.8, 4) is 11.5 Å². The van der Waals surface area contributed by atoms with Crippen molar-refractivity contribution in [1.82, 2.24) is 5.32 Å². The first-order valence-electron chi connectivity index (χ1n) is 9.09. The van der Waals surface area contributed by atoms with Crippen LogP contribution in [0.3, 0.4) is 0 Å². The van der Waals surface area contributed by atoms with Crippen molar-refractivity contribution in [2.24, 2.45) is 0 Å². The maximum Gasteiger partial charge on any atom is 0.262 e. The van der Waals surface area contributed by atoms with Crippen molar-refractivity contribution < 1.29 is 22.7 Å². The predicted octanol–water partition coefficient (Wildman–Crippen LogP) is 3.18. The third-order valence-electron chi connectivity index (χ3n) is 4.76. The first-order valence-corrected chi connectivity index (χ1v) is 10.6. The summed E-state index contributed by atoms with van der Waals surface area (Å²) in [4.78, 5) is 12.3. The molecule has 150 valence electrons. The van der Waals surface area contributed by atoms with Crippen molar-refractivity contribution in [3.63, 3.8) is 0 Å². The van der Waals surface area contributed by atoms with Gasteiger partial charge in [-0.05, 0) is 49.2 Å². The quantitative estimate of drug-likeness (QED) is 0.739. The summed E-state index contributed by atoms with van der Waals surface area (Å²) in [5.41, 5.74) is 0.869. The fourth-order valence-corrected chi connectivity index (χ4v) is 4.30. The number of anilines is 1. The Balaban J connectivity index is 1.71. The topological polar surface area (TPSA) is 93.7 Å². The van der Waals surface area contributed by atoms with Gasteiger partial charge in [0.25, 0.3) is 15.9 Å². The SMILES string of the molecule is COc1ccc(S(=O)(=O)Nc2ccc(C(=O)NC3CCCC3)cc2)cc1OC. The van der Waals surface area contributed by atoms with Crippen molar-refractivity contribution in [3.05, 3.63) is 48.0 Å². The number of benzene rings is 2. The average Bonchev–Trinajstić information content (AvgIpc) is 3.20. The molecule has 7 nitrogen and oxygen atoms in total. The lowest BCUT2D eigenvalue weighted by atomic mass is 10.1. The highest BCUT2D eigenvalue weighted by Crippen LogP contribution is 2.30. The van der Waals surface area contributed by atoms with Crippen LogP contribution in [0.4, 0.5) is 5.69 Å². The number of rotatable bonds is 7. The minimum Gasteiger partial charge on any atom is -0.493 e. The van der Waals surface area contributed by atoms with Gasteiger partial charge in [-0.2, -0.15) is 0 Å². The molecule has 2 N–H and O–H groups in total. The highest BCUT2D eigenvalue weighted by molar-refractivity contribution is 7.92. The van der Waals surface area contributed by atoms with Crippen LogP contribution in [-0.2, 0) is 10.0 Å². The van der Waals surface area contributed by atoms with E-state index in [0.717, 1.165) is 25.7 Å². The van der Waals surface area contributed by atoms with Crippen LogP contribution in [0.15, 0.2) is 47.4 Å². The predicted molar refractivity (Wildman–Crippen MR) is 107 cm³/mol. The molecule has 2 aromatic carbocycles. The van der Waals surface area contributed by atoms with E-state index in [0.29, 0.717) is 22.7 Å². The standard InChI is InChI=1S/C20H24N2O5S/c1-26-18-12-11-17(13-19(18)27-2)28(24,25)22-16-9-7-14(8-10-16)20(23)21-15-5-3-4-6-15/h7-13,15,22H,3-6H2,1-2H3,(H,21,23). The molecule has 8 heteroatoms. The van der Waals surface area contributed by atoms with Gasteiger partial charge in [0, 0.05) is 23.4 Å². The molecule has 1 fully saturated rings. The van der Waals surface area contributed by atoms with Gasteiger partial charge >= 0.3 is 0 Å². The zero-order chi connectivity index (χ0) is 20.1. The molecule has 1 aliphatic carbocycles. The average molecular weight is 404 g/mol. The minimum atomic E-state index is -3.81. The van der Waals surface area contributed by atoms with Gasteiger partial charge in [0.05, 0.1) is 19.1 Å². The highest BCUT2D eigenvalue weighted by Gasteiger charge is 2.19. The molecule has 0 aliphatic heterocycles. The van der Waals surface area contributed by atoms with Gasteiger partial charge in [-0.25, -0.2) is 8.42 Å². The number of nitrogens with one attached hydrogen (secondary N) is 2. The van der Waals surface area contributed by atoms with Crippen molar-refractivity contribution in [2.45, 2.75) is 36.6 Å². The second-order valence-corrected chi connectivity index (χ2v) is 8.34.